The highest BCUT2D eigenvalue weighted by atomic mass is 79.9. The zero-order valence-corrected chi connectivity index (χ0v) is 14.1. The van der Waals surface area contributed by atoms with E-state index in [1.165, 1.54) is 11.0 Å². The molecule has 0 radical (unpaired) electrons. The molecule has 0 N–H and O–H groups in total. The van der Waals surface area contributed by atoms with Gasteiger partial charge in [-0.15, -0.1) is 0 Å². The maximum atomic E-state index is 11.8. The number of likely N-dealkylation sites (N-methyl/N-ethyl adjacent to an activating group) is 1. The number of hydrogen-bond donors (Lipinski definition) is 0. The van der Waals surface area contributed by atoms with E-state index in [1.807, 2.05) is 37.3 Å². The number of carbonyl (C=O) groups excluding carboxylic acids is 1. The molecular formula is C17H15BrN2O2. The molecule has 1 amide bonds. The minimum atomic E-state index is -0.350. The van der Waals surface area contributed by atoms with Crippen LogP contribution in [0.25, 0.3) is 17.4 Å². The fourth-order valence-corrected chi connectivity index (χ4v) is 2.61. The summed E-state index contributed by atoms with van der Waals surface area (Å²) in [6.07, 6.45) is 1.45. The van der Waals surface area contributed by atoms with Gasteiger partial charge in [-0.3, -0.25) is 4.79 Å². The molecule has 1 aromatic carbocycles. The summed E-state index contributed by atoms with van der Waals surface area (Å²) >= 11 is 3.51. The Kier molecular flexibility index (Phi) is 4.84. The van der Waals surface area contributed by atoms with Crippen molar-refractivity contribution in [3.05, 3.63) is 51.7 Å². The Labute approximate surface area is 137 Å². The number of amides is 1. The molecule has 0 bridgehead atoms. The summed E-state index contributed by atoms with van der Waals surface area (Å²) in [4.78, 5) is 13.2. The zero-order valence-electron chi connectivity index (χ0n) is 12.6. The van der Waals surface area contributed by atoms with Gasteiger partial charge in [0.1, 0.15) is 23.2 Å². The van der Waals surface area contributed by atoms with Crippen molar-refractivity contribution in [1.29, 1.82) is 5.26 Å². The second kappa shape index (κ2) is 6.63. The highest BCUT2D eigenvalue weighted by molar-refractivity contribution is 9.10. The molecule has 0 aliphatic carbocycles. The van der Waals surface area contributed by atoms with Gasteiger partial charge >= 0.3 is 0 Å². The Hall–Kier alpha value is -2.32. The molecule has 0 spiro atoms. The Balaban J connectivity index is 2.36. The highest BCUT2D eigenvalue weighted by Crippen LogP contribution is 2.31. The van der Waals surface area contributed by atoms with E-state index in [1.54, 1.807) is 20.2 Å². The van der Waals surface area contributed by atoms with Gasteiger partial charge in [0, 0.05) is 30.2 Å². The summed E-state index contributed by atoms with van der Waals surface area (Å²) in [6.45, 7) is 2.01. The molecule has 4 nitrogen and oxygen atoms in total. The summed E-state index contributed by atoms with van der Waals surface area (Å²) in [7, 11) is 3.20. The van der Waals surface area contributed by atoms with Crippen LogP contribution in [-0.4, -0.2) is 24.9 Å². The fraction of sp³-hybridized carbons (Fsp3) is 0.176. The number of benzene rings is 1. The second-order valence-corrected chi connectivity index (χ2v) is 5.91. The first kappa shape index (κ1) is 16.1. The van der Waals surface area contributed by atoms with Gasteiger partial charge in [0.2, 0.25) is 0 Å². The van der Waals surface area contributed by atoms with E-state index in [0.29, 0.717) is 11.5 Å². The minimum absolute atomic E-state index is 0.0360. The Morgan fingerprint density at radius 3 is 2.64 bits per heavy atom. The van der Waals surface area contributed by atoms with Crippen molar-refractivity contribution in [3.8, 4) is 17.4 Å². The van der Waals surface area contributed by atoms with Gasteiger partial charge in [0.25, 0.3) is 5.91 Å². The number of carbonyl (C=O) groups is 1. The highest BCUT2D eigenvalue weighted by Gasteiger charge is 2.13. The van der Waals surface area contributed by atoms with Crippen LogP contribution in [0, 0.1) is 18.3 Å². The van der Waals surface area contributed by atoms with Crippen molar-refractivity contribution in [2.24, 2.45) is 0 Å². The number of aryl methyl sites for hydroxylation is 1. The van der Waals surface area contributed by atoms with Gasteiger partial charge in [-0.2, -0.15) is 5.26 Å². The Bertz CT molecular complexity index is 782. The largest absolute Gasteiger partial charge is 0.457 e. The van der Waals surface area contributed by atoms with Gasteiger partial charge < -0.3 is 9.32 Å². The molecule has 1 heterocycles. The molecular weight excluding hydrogens is 344 g/mol. The van der Waals surface area contributed by atoms with Crippen LogP contribution < -0.4 is 0 Å². The monoisotopic (exact) mass is 358 g/mol. The molecule has 0 saturated carbocycles. The lowest BCUT2D eigenvalue weighted by atomic mass is 10.1. The van der Waals surface area contributed by atoms with Crippen LogP contribution in [0.5, 0.6) is 0 Å². The van der Waals surface area contributed by atoms with Crippen LogP contribution >= 0.6 is 15.9 Å². The summed E-state index contributed by atoms with van der Waals surface area (Å²) in [5, 5.41) is 9.09. The molecule has 0 fully saturated rings. The van der Waals surface area contributed by atoms with Crippen molar-refractivity contribution >= 4 is 27.9 Å². The molecule has 22 heavy (non-hydrogen) atoms. The van der Waals surface area contributed by atoms with Gasteiger partial charge in [-0.1, -0.05) is 22.0 Å². The molecule has 0 aliphatic rings. The van der Waals surface area contributed by atoms with E-state index in [4.69, 9.17) is 9.68 Å². The lowest BCUT2D eigenvalue weighted by Gasteiger charge is -2.07. The fourth-order valence-electron chi connectivity index (χ4n) is 1.92. The van der Waals surface area contributed by atoms with Gasteiger partial charge in [-0.25, -0.2) is 0 Å². The molecule has 2 rings (SSSR count). The van der Waals surface area contributed by atoms with Crippen molar-refractivity contribution in [1.82, 2.24) is 4.90 Å². The predicted octanol–water partition coefficient (Wildman–Crippen LogP) is 4.01. The smallest absolute Gasteiger partial charge is 0.264 e. The molecule has 1 aromatic heterocycles. The van der Waals surface area contributed by atoms with E-state index in [9.17, 15) is 4.79 Å². The SMILES string of the molecule is Cc1ccc(-c2ccc(/C=C(\C#N)C(=O)N(C)C)o2)c(Br)c1. The number of nitrogens with zero attached hydrogens (tertiary/aromatic N) is 2. The normalized spacial score (nSPS) is 11.1. The van der Waals surface area contributed by atoms with Crippen LogP contribution in [0.3, 0.4) is 0 Å². The van der Waals surface area contributed by atoms with Crippen molar-refractivity contribution in [3.63, 3.8) is 0 Å². The maximum absolute atomic E-state index is 11.8. The number of nitriles is 1. The predicted molar refractivity (Wildman–Crippen MR) is 88.9 cm³/mol. The van der Waals surface area contributed by atoms with Gasteiger partial charge in [0.15, 0.2) is 0 Å². The number of hydrogen-bond acceptors (Lipinski definition) is 3. The van der Waals surface area contributed by atoms with Crippen LogP contribution in [0.1, 0.15) is 11.3 Å². The van der Waals surface area contributed by atoms with Crippen LogP contribution in [-0.2, 0) is 4.79 Å². The summed E-state index contributed by atoms with van der Waals surface area (Å²) < 4.78 is 6.66. The molecule has 0 atom stereocenters. The Morgan fingerprint density at radius 1 is 1.32 bits per heavy atom. The summed E-state index contributed by atoms with van der Waals surface area (Å²) in [5.74, 6) is 0.791. The second-order valence-electron chi connectivity index (χ2n) is 5.05. The van der Waals surface area contributed by atoms with E-state index >= 15 is 0 Å². The van der Waals surface area contributed by atoms with Crippen molar-refractivity contribution in [2.45, 2.75) is 6.92 Å². The summed E-state index contributed by atoms with van der Waals surface area (Å²) in [5.41, 5.74) is 2.10. The Morgan fingerprint density at radius 2 is 2.05 bits per heavy atom. The minimum Gasteiger partial charge on any atom is -0.457 e. The van der Waals surface area contributed by atoms with E-state index in [0.717, 1.165) is 15.6 Å². The average Bonchev–Trinajstić information content (AvgIpc) is 2.92. The van der Waals surface area contributed by atoms with E-state index in [2.05, 4.69) is 15.9 Å². The number of furan rings is 1. The average molecular weight is 359 g/mol. The quantitative estimate of drug-likeness (QED) is 0.615. The third-order valence-electron chi connectivity index (χ3n) is 3.06. The van der Waals surface area contributed by atoms with Crippen molar-refractivity contribution < 1.29 is 9.21 Å². The van der Waals surface area contributed by atoms with Crippen LogP contribution in [0.15, 0.2) is 44.8 Å². The first-order chi connectivity index (χ1) is 10.4. The van der Waals surface area contributed by atoms with Gasteiger partial charge in [-0.05, 0) is 36.8 Å². The van der Waals surface area contributed by atoms with Crippen LogP contribution in [0.2, 0.25) is 0 Å². The number of halogens is 1. The molecule has 2 aromatic rings. The third-order valence-corrected chi connectivity index (χ3v) is 3.72. The maximum Gasteiger partial charge on any atom is 0.264 e. The molecule has 0 unspecified atom stereocenters. The first-order valence-corrected chi connectivity index (χ1v) is 7.41. The first-order valence-electron chi connectivity index (χ1n) is 6.62. The van der Waals surface area contributed by atoms with Crippen LogP contribution in [0.4, 0.5) is 0 Å². The van der Waals surface area contributed by atoms with Crippen molar-refractivity contribution in [2.75, 3.05) is 14.1 Å². The number of rotatable bonds is 3. The molecule has 0 saturated heterocycles. The zero-order chi connectivity index (χ0) is 16.3. The third kappa shape index (κ3) is 3.46. The lowest BCUT2D eigenvalue weighted by Crippen LogP contribution is -2.22. The topological polar surface area (TPSA) is 57.2 Å². The summed E-state index contributed by atoms with van der Waals surface area (Å²) in [6, 6.07) is 11.4. The van der Waals surface area contributed by atoms with E-state index < -0.39 is 0 Å². The van der Waals surface area contributed by atoms with Gasteiger partial charge in [0.05, 0.1) is 0 Å². The molecule has 0 aliphatic heterocycles. The van der Waals surface area contributed by atoms with E-state index in [-0.39, 0.29) is 11.5 Å². The standard InChI is InChI=1S/C17H15BrN2O2/c1-11-4-6-14(15(18)8-11)16-7-5-13(22-16)9-12(10-19)17(21)20(2)3/h4-9H,1-3H3/b12-9+. The molecule has 5 heteroatoms. The molecule has 112 valence electrons. The lowest BCUT2D eigenvalue weighted by molar-refractivity contribution is -0.124.